The maximum absolute atomic E-state index is 12.1. The van der Waals surface area contributed by atoms with Crippen LogP contribution in [-0.2, 0) is 11.2 Å². The van der Waals surface area contributed by atoms with Gasteiger partial charge in [-0.2, -0.15) is 0 Å². The van der Waals surface area contributed by atoms with Gasteiger partial charge in [0.15, 0.2) is 0 Å². The molecule has 19 heavy (non-hydrogen) atoms. The van der Waals surface area contributed by atoms with Gasteiger partial charge in [0.1, 0.15) is 0 Å². The van der Waals surface area contributed by atoms with Crippen molar-refractivity contribution in [2.75, 3.05) is 13.1 Å². The highest BCUT2D eigenvalue weighted by atomic mass is 16.2. The largest absolute Gasteiger partial charge is 0.354 e. The fourth-order valence-corrected chi connectivity index (χ4v) is 3.28. The van der Waals surface area contributed by atoms with Crippen molar-refractivity contribution in [3.8, 4) is 0 Å². The monoisotopic (exact) mass is 258 g/mol. The van der Waals surface area contributed by atoms with Crippen LogP contribution >= 0.6 is 0 Å². The lowest BCUT2D eigenvalue weighted by Gasteiger charge is -2.23. The lowest BCUT2D eigenvalue weighted by Crippen LogP contribution is -2.47. The average Bonchev–Trinajstić information content (AvgIpc) is 2.89. The van der Waals surface area contributed by atoms with Crippen molar-refractivity contribution in [2.24, 2.45) is 0 Å². The van der Waals surface area contributed by atoms with E-state index in [2.05, 4.69) is 34.9 Å². The van der Waals surface area contributed by atoms with Crippen LogP contribution in [-0.4, -0.2) is 25.0 Å². The number of hydrogen-bond donors (Lipinski definition) is 2. The predicted octanol–water partition coefficient (Wildman–Crippen LogP) is 1.97. The van der Waals surface area contributed by atoms with Gasteiger partial charge in [-0.25, -0.2) is 0 Å². The maximum atomic E-state index is 12.1. The summed E-state index contributed by atoms with van der Waals surface area (Å²) < 4.78 is 0. The Bertz CT molecular complexity index is 452. The summed E-state index contributed by atoms with van der Waals surface area (Å²) in [6.45, 7) is 1.76. The van der Waals surface area contributed by atoms with Crippen LogP contribution < -0.4 is 10.6 Å². The second-order valence-corrected chi connectivity index (χ2v) is 5.68. The number of hydrogen-bond acceptors (Lipinski definition) is 2. The molecule has 2 aliphatic rings. The molecular weight excluding hydrogens is 236 g/mol. The first-order valence-corrected chi connectivity index (χ1v) is 7.43. The summed E-state index contributed by atoms with van der Waals surface area (Å²) in [6, 6.07) is 8.65. The van der Waals surface area contributed by atoms with Crippen LogP contribution in [0.5, 0.6) is 0 Å². The minimum atomic E-state index is 0.0328. The number of carbonyl (C=O) groups excluding carboxylic acids is 1. The van der Waals surface area contributed by atoms with Gasteiger partial charge < -0.3 is 10.6 Å². The molecule has 3 nitrogen and oxygen atoms in total. The first-order valence-electron chi connectivity index (χ1n) is 7.43. The van der Waals surface area contributed by atoms with Gasteiger partial charge in [-0.1, -0.05) is 30.7 Å². The SMILES string of the molecule is O=C(NCC1CCc2ccccc21)C1CCCCN1. The molecular formula is C16H22N2O. The van der Waals surface area contributed by atoms with Crippen molar-refractivity contribution >= 4 is 5.91 Å². The van der Waals surface area contributed by atoms with Crippen LogP contribution in [0.15, 0.2) is 24.3 Å². The van der Waals surface area contributed by atoms with E-state index in [9.17, 15) is 4.79 Å². The van der Waals surface area contributed by atoms with Gasteiger partial charge in [0, 0.05) is 12.5 Å². The molecule has 0 bridgehead atoms. The molecule has 3 heteroatoms. The smallest absolute Gasteiger partial charge is 0.237 e. The number of amides is 1. The van der Waals surface area contributed by atoms with Crippen molar-refractivity contribution in [1.29, 1.82) is 0 Å². The summed E-state index contributed by atoms with van der Waals surface area (Å²) >= 11 is 0. The zero-order valence-corrected chi connectivity index (χ0v) is 11.3. The highest BCUT2D eigenvalue weighted by molar-refractivity contribution is 5.81. The Hall–Kier alpha value is -1.35. The van der Waals surface area contributed by atoms with E-state index in [1.54, 1.807) is 0 Å². The number of piperidine rings is 1. The predicted molar refractivity (Wildman–Crippen MR) is 76.2 cm³/mol. The maximum Gasteiger partial charge on any atom is 0.237 e. The zero-order valence-electron chi connectivity index (χ0n) is 11.3. The summed E-state index contributed by atoms with van der Waals surface area (Å²) in [4.78, 5) is 12.1. The quantitative estimate of drug-likeness (QED) is 0.870. The van der Waals surface area contributed by atoms with E-state index in [0.29, 0.717) is 5.92 Å². The average molecular weight is 258 g/mol. The molecule has 0 radical (unpaired) electrons. The Morgan fingerprint density at radius 2 is 2.16 bits per heavy atom. The Morgan fingerprint density at radius 1 is 1.26 bits per heavy atom. The molecule has 3 rings (SSSR count). The first kappa shape index (κ1) is 12.7. The fourth-order valence-electron chi connectivity index (χ4n) is 3.28. The lowest BCUT2D eigenvalue weighted by atomic mass is 10.0. The number of benzene rings is 1. The van der Waals surface area contributed by atoms with Gasteiger partial charge in [0.2, 0.25) is 5.91 Å². The van der Waals surface area contributed by atoms with E-state index in [-0.39, 0.29) is 11.9 Å². The Labute approximate surface area is 114 Å². The van der Waals surface area contributed by atoms with E-state index >= 15 is 0 Å². The summed E-state index contributed by atoms with van der Waals surface area (Å²) in [5.41, 5.74) is 2.89. The topological polar surface area (TPSA) is 41.1 Å². The standard InChI is InChI=1S/C16H22N2O/c19-16(15-7-3-4-10-17-15)18-11-13-9-8-12-5-1-2-6-14(12)13/h1-2,5-6,13,15,17H,3-4,7-11H2,(H,18,19). The summed E-state index contributed by atoms with van der Waals surface area (Å²) in [5.74, 6) is 0.688. The Kier molecular flexibility index (Phi) is 3.83. The molecule has 2 unspecified atom stereocenters. The Morgan fingerprint density at radius 3 is 3.00 bits per heavy atom. The molecule has 1 saturated heterocycles. The van der Waals surface area contributed by atoms with Crippen molar-refractivity contribution in [1.82, 2.24) is 10.6 Å². The summed E-state index contributed by atoms with van der Waals surface area (Å²) in [7, 11) is 0. The van der Waals surface area contributed by atoms with Crippen molar-refractivity contribution in [2.45, 2.75) is 44.1 Å². The molecule has 0 aromatic heterocycles. The van der Waals surface area contributed by atoms with E-state index in [0.717, 1.165) is 38.8 Å². The van der Waals surface area contributed by atoms with Gasteiger partial charge in [-0.05, 0) is 43.4 Å². The lowest BCUT2D eigenvalue weighted by molar-refractivity contribution is -0.123. The molecule has 1 aromatic rings. The normalized spacial score (nSPS) is 25.9. The highest BCUT2D eigenvalue weighted by Gasteiger charge is 2.24. The number of nitrogens with one attached hydrogen (secondary N) is 2. The van der Waals surface area contributed by atoms with Crippen molar-refractivity contribution in [3.05, 3.63) is 35.4 Å². The molecule has 1 fully saturated rings. The number of aryl methyl sites for hydroxylation is 1. The summed E-state index contributed by atoms with van der Waals surface area (Å²) in [6.07, 6.45) is 5.65. The molecule has 2 N–H and O–H groups in total. The molecule has 1 aromatic carbocycles. The van der Waals surface area contributed by atoms with Crippen molar-refractivity contribution in [3.63, 3.8) is 0 Å². The third kappa shape index (κ3) is 2.81. The second-order valence-electron chi connectivity index (χ2n) is 5.68. The molecule has 1 amide bonds. The highest BCUT2D eigenvalue weighted by Crippen LogP contribution is 2.32. The fraction of sp³-hybridized carbons (Fsp3) is 0.562. The van der Waals surface area contributed by atoms with Crippen LogP contribution in [0, 0.1) is 0 Å². The van der Waals surface area contributed by atoms with Crippen LogP contribution in [0.25, 0.3) is 0 Å². The van der Waals surface area contributed by atoms with Crippen LogP contribution in [0.2, 0.25) is 0 Å². The Balaban J connectivity index is 1.54. The van der Waals surface area contributed by atoms with E-state index < -0.39 is 0 Å². The number of fused-ring (bicyclic) bond motifs is 1. The second kappa shape index (κ2) is 5.74. The number of carbonyl (C=O) groups is 1. The molecule has 102 valence electrons. The van der Waals surface area contributed by atoms with Gasteiger partial charge in [0.05, 0.1) is 6.04 Å². The minimum absolute atomic E-state index is 0.0328. The van der Waals surface area contributed by atoms with Crippen molar-refractivity contribution < 1.29 is 4.79 Å². The van der Waals surface area contributed by atoms with E-state index in [1.807, 2.05) is 0 Å². The van der Waals surface area contributed by atoms with Crippen LogP contribution in [0.3, 0.4) is 0 Å². The van der Waals surface area contributed by atoms with Gasteiger partial charge >= 0.3 is 0 Å². The summed E-state index contributed by atoms with van der Waals surface area (Å²) in [5, 5.41) is 6.44. The van der Waals surface area contributed by atoms with Crippen LogP contribution in [0.1, 0.15) is 42.7 Å². The third-order valence-corrected chi connectivity index (χ3v) is 4.41. The molecule has 1 aliphatic carbocycles. The van der Waals surface area contributed by atoms with E-state index in [1.165, 1.54) is 17.5 Å². The first-order chi connectivity index (χ1) is 9.34. The van der Waals surface area contributed by atoms with Gasteiger partial charge in [0.25, 0.3) is 0 Å². The molecule has 1 aliphatic heterocycles. The molecule has 1 heterocycles. The third-order valence-electron chi connectivity index (χ3n) is 4.41. The number of rotatable bonds is 3. The zero-order chi connectivity index (χ0) is 13.1. The van der Waals surface area contributed by atoms with Gasteiger partial charge in [-0.3, -0.25) is 4.79 Å². The molecule has 2 atom stereocenters. The minimum Gasteiger partial charge on any atom is -0.354 e. The van der Waals surface area contributed by atoms with Gasteiger partial charge in [-0.15, -0.1) is 0 Å². The van der Waals surface area contributed by atoms with Crippen LogP contribution in [0.4, 0.5) is 0 Å². The van der Waals surface area contributed by atoms with E-state index in [4.69, 9.17) is 0 Å². The molecule has 0 spiro atoms. The molecule has 0 saturated carbocycles.